The van der Waals surface area contributed by atoms with Crippen molar-refractivity contribution in [1.82, 2.24) is 20.4 Å². The quantitative estimate of drug-likeness (QED) is 0.928. The van der Waals surface area contributed by atoms with Crippen molar-refractivity contribution in [3.05, 3.63) is 35.7 Å². The average molecular weight is 328 g/mol. The number of nitrogens with one attached hydrogen (secondary N) is 1. The number of benzene rings is 1. The molecule has 0 saturated carbocycles. The lowest BCUT2D eigenvalue weighted by Crippen LogP contribution is -2.51. The summed E-state index contributed by atoms with van der Waals surface area (Å²) in [5.74, 6) is 0.747. The van der Waals surface area contributed by atoms with Crippen LogP contribution in [0.25, 0.3) is 11.5 Å². The molecule has 1 aromatic carbocycles. The summed E-state index contributed by atoms with van der Waals surface area (Å²) >= 11 is 0. The molecule has 1 atom stereocenters. The van der Waals surface area contributed by atoms with Crippen LogP contribution in [-0.4, -0.2) is 46.5 Å². The lowest BCUT2D eigenvalue weighted by atomic mass is 9.99. The highest BCUT2D eigenvalue weighted by Gasteiger charge is 2.32. The zero-order valence-electron chi connectivity index (χ0n) is 13.8. The third-order valence-electron chi connectivity index (χ3n) is 4.22. The minimum absolute atomic E-state index is 0.110. The molecule has 1 fully saturated rings. The normalized spacial score (nSPS) is 17.6. The first-order valence-electron chi connectivity index (χ1n) is 8.03. The van der Waals surface area contributed by atoms with Crippen LogP contribution < -0.4 is 5.32 Å². The summed E-state index contributed by atoms with van der Waals surface area (Å²) in [6.45, 7) is 2.35. The monoisotopic (exact) mass is 328 g/mol. The molecule has 7 heteroatoms. The van der Waals surface area contributed by atoms with Gasteiger partial charge in [0.05, 0.1) is 0 Å². The number of carbonyl (C=O) groups excluding carboxylic acids is 2. The van der Waals surface area contributed by atoms with Crippen LogP contribution in [0.5, 0.6) is 0 Å². The highest BCUT2D eigenvalue weighted by atomic mass is 16.5. The second kappa shape index (κ2) is 6.82. The Bertz CT molecular complexity index is 739. The van der Waals surface area contributed by atoms with Gasteiger partial charge in [0.1, 0.15) is 6.04 Å². The lowest BCUT2D eigenvalue weighted by molar-refractivity contribution is -0.126. The molecule has 3 rings (SSSR count). The van der Waals surface area contributed by atoms with Crippen molar-refractivity contribution in [3.8, 4) is 11.5 Å². The second-order valence-electron chi connectivity index (χ2n) is 5.85. The van der Waals surface area contributed by atoms with Gasteiger partial charge in [-0.25, -0.2) is 0 Å². The number of nitrogens with zero attached hydrogens (tertiary/aromatic N) is 3. The predicted molar refractivity (Wildman–Crippen MR) is 87.2 cm³/mol. The first-order valence-corrected chi connectivity index (χ1v) is 8.03. The standard InChI is InChI=1S/C17H20N4O3/c1-11-19-16(24-20-11)12-6-8-13(9-7-12)17(23)21-10-4-3-5-14(21)15(22)18-2/h6-9,14H,3-5,10H2,1-2H3,(H,18,22)/t14-/m0/s1. The molecule has 0 unspecified atom stereocenters. The molecule has 7 nitrogen and oxygen atoms in total. The lowest BCUT2D eigenvalue weighted by Gasteiger charge is -2.34. The second-order valence-corrected chi connectivity index (χ2v) is 5.85. The molecule has 1 saturated heterocycles. The van der Waals surface area contributed by atoms with Crippen LogP contribution in [-0.2, 0) is 4.79 Å². The van der Waals surface area contributed by atoms with Crippen molar-refractivity contribution in [2.24, 2.45) is 0 Å². The molecule has 2 heterocycles. The first kappa shape index (κ1) is 16.2. The van der Waals surface area contributed by atoms with Gasteiger partial charge in [-0.3, -0.25) is 9.59 Å². The van der Waals surface area contributed by atoms with E-state index in [0.29, 0.717) is 30.2 Å². The summed E-state index contributed by atoms with van der Waals surface area (Å²) in [4.78, 5) is 30.6. The van der Waals surface area contributed by atoms with Crippen molar-refractivity contribution in [3.63, 3.8) is 0 Å². The zero-order chi connectivity index (χ0) is 17.1. The highest BCUT2D eigenvalue weighted by molar-refractivity contribution is 5.98. The van der Waals surface area contributed by atoms with E-state index in [-0.39, 0.29) is 11.8 Å². The van der Waals surface area contributed by atoms with Gasteiger partial charge < -0.3 is 14.7 Å². The van der Waals surface area contributed by atoms with Crippen LogP contribution in [0.1, 0.15) is 35.4 Å². The minimum Gasteiger partial charge on any atom is -0.357 e. The number of likely N-dealkylation sites (tertiary alicyclic amines) is 1. The molecule has 2 aromatic rings. The Balaban J connectivity index is 1.80. The molecule has 126 valence electrons. The molecule has 0 aliphatic carbocycles. The Morgan fingerprint density at radius 3 is 2.62 bits per heavy atom. The van der Waals surface area contributed by atoms with Crippen molar-refractivity contribution in [2.75, 3.05) is 13.6 Å². The highest BCUT2D eigenvalue weighted by Crippen LogP contribution is 2.22. The molecular formula is C17H20N4O3. The van der Waals surface area contributed by atoms with Crippen LogP contribution in [0.4, 0.5) is 0 Å². The van der Waals surface area contributed by atoms with Crippen LogP contribution in [0.2, 0.25) is 0 Å². The number of piperidine rings is 1. The molecule has 0 radical (unpaired) electrons. The van der Waals surface area contributed by atoms with Gasteiger partial charge >= 0.3 is 0 Å². The van der Waals surface area contributed by atoms with Gasteiger partial charge in [-0.1, -0.05) is 5.16 Å². The summed E-state index contributed by atoms with van der Waals surface area (Å²) in [6.07, 6.45) is 2.57. The SMILES string of the molecule is CNC(=O)[C@@H]1CCCCN1C(=O)c1ccc(-c2nc(C)no2)cc1. The van der Waals surface area contributed by atoms with Crippen molar-refractivity contribution in [1.29, 1.82) is 0 Å². The number of likely N-dealkylation sites (N-methyl/N-ethyl adjacent to an activating group) is 1. The molecule has 0 spiro atoms. The van der Waals surface area contributed by atoms with E-state index < -0.39 is 6.04 Å². The third kappa shape index (κ3) is 3.15. The van der Waals surface area contributed by atoms with Crippen molar-refractivity contribution >= 4 is 11.8 Å². The van der Waals surface area contributed by atoms with E-state index in [1.54, 1.807) is 43.1 Å². The largest absolute Gasteiger partial charge is 0.357 e. The number of aryl methyl sites for hydroxylation is 1. The van der Waals surface area contributed by atoms with Gasteiger partial charge in [-0.2, -0.15) is 4.98 Å². The van der Waals surface area contributed by atoms with Crippen LogP contribution in [0.3, 0.4) is 0 Å². The molecule has 2 amide bonds. The predicted octanol–water partition coefficient (Wildman–Crippen LogP) is 1.79. The van der Waals surface area contributed by atoms with E-state index in [4.69, 9.17) is 4.52 Å². The Morgan fingerprint density at radius 2 is 2.00 bits per heavy atom. The average Bonchev–Trinajstić information content (AvgIpc) is 3.07. The van der Waals surface area contributed by atoms with Gasteiger partial charge in [0.25, 0.3) is 11.8 Å². The number of amides is 2. The zero-order valence-corrected chi connectivity index (χ0v) is 13.8. The fourth-order valence-corrected chi connectivity index (χ4v) is 2.95. The van der Waals surface area contributed by atoms with Gasteiger partial charge in [-0.15, -0.1) is 0 Å². The topological polar surface area (TPSA) is 88.3 Å². The van der Waals surface area contributed by atoms with Crippen molar-refractivity contribution in [2.45, 2.75) is 32.2 Å². The summed E-state index contributed by atoms with van der Waals surface area (Å²) in [5.41, 5.74) is 1.31. The Labute approximate surface area is 140 Å². The van der Waals surface area contributed by atoms with Crippen LogP contribution in [0, 0.1) is 6.92 Å². The van der Waals surface area contributed by atoms with Crippen molar-refractivity contribution < 1.29 is 14.1 Å². The summed E-state index contributed by atoms with van der Waals surface area (Å²) < 4.78 is 5.12. The minimum atomic E-state index is -0.394. The fraction of sp³-hybridized carbons (Fsp3) is 0.412. The van der Waals surface area contributed by atoms with Gasteiger partial charge in [0, 0.05) is 24.7 Å². The third-order valence-corrected chi connectivity index (χ3v) is 4.22. The van der Waals surface area contributed by atoms with E-state index in [1.807, 2.05) is 0 Å². The van der Waals surface area contributed by atoms with E-state index in [2.05, 4.69) is 15.5 Å². The number of aromatic nitrogens is 2. The van der Waals surface area contributed by atoms with E-state index >= 15 is 0 Å². The van der Waals surface area contributed by atoms with E-state index in [1.165, 1.54) is 0 Å². The number of rotatable bonds is 3. The number of hydrogen-bond acceptors (Lipinski definition) is 5. The molecule has 0 bridgehead atoms. The summed E-state index contributed by atoms with van der Waals surface area (Å²) in [7, 11) is 1.60. The summed E-state index contributed by atoms with van der Waals surface area (Å²) in [6, 6.07) is 6.62. The molecule has 1 aliphatic heterocycles. The maximum absolute atomic E-state index is 12.8. The molecule has 24 heavy (non-hydrogen) atoms. The molecular weight excluding hydrogens is 308 g/mol. The van der Waals surface area contributed by atoms with Crippen LogP contribution >= 0.6 is 0 Å². The Morgan fingerprint density at radius 1 is 1.25 bits per heavy atom. The number of carbonyl (C=O) groups is 2. The first-order chi connectivity index (χ1) is 11.6. The maximum Gasteiger partial charge on any atom is 0.257 e. The van der Waals surface area contributed by atoms with Gasteiger partial charge in [0.15, 0.2) is 5.82 Å². The smallest absolute Gasteiger partial charge is 0.257 e. The van der Waals surface area contributed by atoms with E-state index in [0.717, 1.165) is 18.4 Å². The summed E-state index contributed by atoms with van der Waals surface area (Å²) in [5, 5.41) is 6.40. The Hall–Kier alpha value is -2.70. The fourth-order valence-electron chi connectivity index (χ4n) is 2.95. The van der Waals surface area contributed by atoms with Gasteiger partial charge in [-0.05, 0) is 50.5 Å². The molecule has 1 aliphatic rings. The Kier molecular flexibility index (Phi) is 4.59. The molecule has 1 N–H and O–H groups in total. The van der Waals surface area contributed by atoms with Gasteiger partial charge in [0.2, 0.25) is 5.91 Å². The van der Waals surface area contributed by atoms with Crippen LogP contribution in [0.15, 0.2) is 28.8 Å². The maximum atomic E-state index is 12.8. The molecule has 1 aromatic heterocycles. The van der Waals surface area contributed by atoms with E-state index in [9.17, 15) is 9.59 Å². The number of hydrogen-bond donors (Lipinski definition) is 1.